The summed E-state index contributed by atoms with van der Waals surface area (Å²) in [5.41, 5.74) is 2.14. The van der Waals surface area contributed by atoms with E-state index in [-0.39, 0.29) is 5.60 Å². The van der Waals surface area contributed by atoms with Crippen LogP contribution in [0.1, 0.15) is 19.4 Å². The summed E-state index contributed by atoms with van der Waals surface area (Å²) >= 11 is 12.0. The van der Waals surface area contributed by atoms with Crippen molar-refractivity contribution in [2.75, 3.05) is 24.6 Å². The number of nitrogens with zero attached hydrogens (tertiary/aromatic N) is 1. The van der Waals surface area contributed by atoms with Crippen LogP contribution in [0.5, 0.6) is 0 Å². The van der Waals surface area contributed by atoms with Crippen LogP contribution in [0.2, 0.25) is 5.02 Å². The summed E-state index contributed by atoms with van der Waals surface area (Å²) in [5.74, 6) is 0.480. The van der Waals surface area contributed by atoms with Crippen LogP contribution in [0.4, 0.5) is 5.69 Å². The van der Waals surface area contributed by atoms with Crippen LogP contribution >= 0.6 is 23.2 Å². The molecule has 0 amide bonds. The first-order valence-electron chi connectivity index (χ1n) is 5.75. The van der Waals surface area contributed by atoms with E-state index in [1.165, 1.54) is 5.69 Å². The van der Waals surface area contributed by atoms with Gasteiger partial charge in [0.1, 0.15) is 0 Å². The zero-order valence-corrected chi connectivity index (χ0v) is 11.7. The Kier molecular flexibility index (Phi) is 3.86. The van der Waals surface area contributed by atoms with E-state index in [1.54, 1.807) is 0 Å². The molecule has 0 atom stereocenters. The lowest BCUT2D eigenvalue weighted by atomic mass is 10.1. The van der Waals surface area contributed by atoms with Gasteiger partial charge in [-0.2, -0.15) is 0 Å². The van der Waals surface area contributed by atoms with Crippen molar-refractivity contribution in [3.05, 3.63) is 28.8 Å². The van der Waals surface area contributed by atoms with Gasteiger partial charge in [-0.15, -0.1) is 11.6 Å². The topological polar surface area (TPSA) is 12.5 Å². The highest BCUT2D eigenvalue weighted by Crippen LogP contribution is 2.29. The molecule has 1 aromatic rings. The van der Waals surface area contributed by atoms with E-state index >= 15 is 0 Å². The Labute approximate surface area is 112 Å². The molecule has 1 fully saturated rings. The predicted octanol–water partition coefficient (Wildman–Crippen LogP) is 3.69. The molecule has 0 aromatic heterocycles. The minimum absolute atomic E-state index is 0.110. The number of hydrogen-bond acceptors (Lipinski definition) is 2. The zero-order valence-electron chi connectivity index (χ0n) is 10.2. The molecule has 17 heavy (non-hydrogen) atoms. The molecule has 2 rings (SSSR count). The van der Waals surface area contributed by atoms with Crippen molar-refractivity contribution in [3.8, 4) is 0 Å². The number of halogens is 2. The summed E-state index contributed by atoms with van der Waals surface area (Å²) in [4.78, 5) is 2.32. The molecular formula is C13H17Cl2NO. The van der Waals surface area contributed by atoms with Crippen molar-refractivity contribution in [1.29, 1.82) is 0 Å². The Morgan fingerprint density at radius 2 is 2.18 bits per heavy atom. The lowest BCUT2D eigenvalue weighted by Crippen LogP contribution is -2.48. The maximum absolute atomic E-state index is 5.99. The van der Waals surface area contributed by atoms with Gasteiger partial charge in [0.05, 0.1) is 12.2 Å². The van der Waals surface area contributed by atoms with Crippen molar-refractivity contribution < 1.29 is 4.74 Å². The molecule has 0 N–H and O–H groups in total. The van der Waals surface area contributed by atoms with E-state index in [2.05, 4.69) is 18.7 Å². The van der Waals surface area contributed by atoms with Crippen LogP contribution in [0.25, 0.3) is 0 Å². The molecule has 1 heterocycles. The fourth-order valence-corrected chi connectivity index (χ4v) is 2.60. The number of alkyl halides is 1. The van der Waals surface area contributed by atoms with E-state index in [9.17, 15) is 0 Å². The summed E-state index contributed by atoms with van der Waals surface area (Å²) in [6.07, 6.45) is 0. The first-order chi connectivity index (χ1) is 8.02. The number of anilines is 1. The lowest BCUT2D eigenvalue weighted by Gasteiger charge is -2.40. The molecule has 1 saturated heterocycles. The third kappa shape index (κ3) is 3.06. The summed E-state index contributed by atoms with van der Waals surface area (Å²) < 4.78 is 5.71. The third-order valence-corrected chi connectivity index (χ3v) is 3.47. The fraction of sp³-hybridized carbons (Fsp3) is 0.538. The summed E-state index contributed by atoms with van der Waals surface area (Å²) in [7, 11) is 0. The largest absolute Gasteiger partial charge is 0.372 e. The molecule has 2 nitrogen and oxygen atoms in total. The Balaban J connectivity index is 2.27. The second kappa shape index (κ2) is 5.05. The molecule has 0 aliphatic carbocycles. The van der Waals surface area contributed by atoms with Gasteiger partial charge in [0, 0.05) is 29.7 Å². The van der Waals surface area contributed by atoms with Crippen LogP contribution in [0.15, 0.2) is 18.2 Å². The number of ether oxygens (including phenoxy) is 1. The van der Waals surface area contributed by atoms with Crippen molar-refractivity contribution in [3.63, 3.8) is 0 Å². The number of rotatable bonds is 2. The molecule has 1 aromatic carbocycles. The highest BCUT2D eigenvalue weighted by molar-refractivity contribution is 6.30. The quantitative estimate of drug-likeness (QED) is 0.762. The van der Waals surface area contributed by atoms with Gasteiger partial charge in [0.2, 0.25) is 0 Å². The second-order valence-corrected chi connectivity index (χ2v) is 5.64. The Morgan fingerprint density at radius 3 is 2.82 bits per heavy atom. The van der Waals surface area contributed by atoms with E-state index < -0.39 is 0 Å². The van der Waals surface area contributed by atoms with Gasteiger partial charge in [-0.25, -0.2) is 0 Å². The monoisotopic (exact) mass is 273 g/mol. The number of hydrogen-bond donors (Lipinski definition) is 0. The Hall–Kier alpha value is -0.440. The first-order valence-corrected chi connectivity index (χ1v) is 6.66. The van der Waals surface area contributed by atoms with Crippen LogP contribution in [0, 0.1) is 0 Å². The van der Waals surface area contributed by atoms with Gasteiger partial charge in [-0.1, -0.05) is 11.6 Å². The van der Waals surface area contributed by atoms with Crippen molar-refractivity contribution in [1.82, 2.24) is 0 Å². The summed E-state index contributed by atoms with van der Waals surface area (Å²) in [5, 5.41) is 0.733. The highest BCUT2D eigenvalue weighted by atomic mass is 35.5. The van der Waals surface area contributed by atoms with E-state index in [0.29, 0.717) is 5.88 Å². The SMILES string of the molecule is CC1(C)CN(c2ccc(Cl)cc2CCl)CCO1. The highest BCUT2D eigenvalue weighted by Gasteiger charge is 2.28. The van der Waals surface area contributed by atoms with Gasteiger partial charge < -0.3 is 9.64 Å². The predicted molar refractivity (Wildman–Crippen MR) is 73.3 cm³/mol. The number of benzene rings is 1. The summed E-state index contributed by atoms with van der Waals surface area (Å²) in [6, 6.07) is 5.89. The summed E-state index contributed by atoms with van der Waals surface area (Å²) in [6.45, 7) is 6.73. The van der Waals surface area contributed by atoms with Crippen LogP contribution in [0.3, 0.4) is 0 Å². The molecule has 0 spiro atoms. The average molecular weight is 274 g/mol. The van der Waals surface area contributed by atoms with Gasteiger partial charge in [0.25, 0.3) is 0 Å². The van der Waals surface area contributed by atoms with Crippen LogP contribution < -0.4 is 4.90 Å². The lowest BCUT2D eigenvalue weighted by molar-refractivity contribution is -0.0277. The molecular weight excluding hydrogens is 257 g/mol. The maximum atomic E-state index is 5.99. The maximum Gasteiger partial charge on any atom is 0.0801 e. The minimum atomic E-state index is -0.110. The molecule has 0 saturated carbocycles. The molecule has 1 aliphatic heterocycles. The molecule has 0 bridgehead atoms. The van der Waals surface area contributed by atoms with Crippen molar-refractivity contribution in [2.24, 2.45) is 0 Å². The molecule has 94 valence electrons. The number of morpholine rings is 1. The Morgan fingerprint density at radius 1 is 1.41 bits per heavy atom. The van der Waals surface area contributed by atoms with E-state index in [4.69, 9.17) is 27.9 Å². The van der Waals surface area contributed by atoms with Gasteiger partial charge in [-0.3, -0.25) is 0 Å². The molecule has 1 aliphatic rings. The smallest absolute Gasteiger partial charge is 0.0801 e. The second-order valence-electron chi connectivity index (χ2n) is 4.94. The first kappa shape index (κ1) is 13.0. The van der Waals surface area contributed by atoms with Gasteiger partial charge >= 0.3 is 0 Å². The Bertz CT molecular complexity index is 406. The molecule has 4 heteroatoms. The standard InChI is InChI=1S/C13H17Cl2NO/c1-13(2)9-16(5-6-17-13)12-4-3-11(15)7-10(12)8-14/h3-4,7H,5-6,8-9H2,1-2H3. The van der Waals surface area contributed by atoms with E-state index in [1.807, 2.05) is 18.2 Å². The average Bonchev–Trinajstić information content (AvgIpc) is 2.27. The van der Waals surface area contributed by atoms with Gasteiger partial charge in [-0.05, 0) is 37.6 Å². The normalized spacial score (nSPS) is 19.4. The molecule has 0 unspecified atom stereocenters. The van der Waals surface area contributed by atoms with Crippen molar-refractivity contribution >= 4 is 28.9 Å². The third-order valence-electron chi connectivity index (χ3n) is 2.95. The van der Waals surface area contributed by atoms with Crippen LogP contribution in [-0.4, -0.2) is 25.3 Å². The fourth-order valence-electron chi connectivity index (χ4n) is 2.19. The van der Waals surface area contributed by atoms with E-state index in [0.717, 1.165) is 30.3 Å². The minimum Gasteiger partial charge on any atom is -0.372 e. The van der Waals surface area contributed by atoms with Gasteiger partial charge in [0.15, 0.2) is 0 Å². The molecule has 0 radical (unpaired) electrons. The van der Waals surface area contributed by atoms with Crippen molar-refractivity contribution in [2.45, 2.75) is 25.3 Å². The van der Waals surface area contributed by atoms with Crippen LogP contribution in [-0.2, 0) is 10.6 Å². The zero-order chi connectivity index (χ0) is 12.5.